The number of carbonyl (C=O) groups is 1. The van der Waals surface area contributed by atoms with Gasteiger partial charge in [-0.15, -0.1) is 0 Å². The summed E-state index contributed by atoms with van der Waals surface area (Å²) in [6, 6.07) is 0.883. The molecule has 1 saturated heterocycles. The lowest BCUT2D eigenvalue weighted by atomic mass is 10.3. The predicted molar refractivity (Wildman–Crippen MR) is 73.5 cm³/mol. The van der Waals surface area contributed by atoms with Crippen molar-refractivity contribution in [2.75, 3.05) is 39.8 Å². The third-order valence-corrected chi connectivity index (χ3v) is 4.98. The molecular weight excluding hydrogens is 299 g/mol. The van der Waals surface area contributed by atoms with Crippen LogP contribution in [0.15, 0.2) is 23.4 Å². The maximum absolute atomic E-state index is 13.1. The van der Waals surface area contributed by atoms with E-state index < -0.39 is 15.8 Å². The van der Waals surface area contributed by atoms with E-state index in [9.17, 15) is 17.6 Å². The molecule has 1 fully saturated rings. The van der Waals surface area contributed by atoms with E-state index in [2.05, 4.69) is 10.3 Å². The van der Waals surface area contributed by atoms with Gasteiger partial charge in [0.05, 0.1) is 12.7 Å². The zero-order valence-electron chi connectivity index (χ0n) is 11.6. The van der Waals surface area contributed by atoms with Crippen molar-refractivity contribution in [2.45, 2.75) is 4.90 Å². The summed E-state index contributed by atoms with van der Waals surface area (Å²) in [7, 11) is -2.64. The molecule has 2 heterocycles. The summed E-state index contributed by atoms with van der Waals surface area (Å²) < 4.78 is 38.5. The van der Waals surface area contributed by atoms with Gasteiger partial charge in [0.15, 0.2) is 0 Å². The average Bonchev–Trinajstić information content (AvgIpc) is 2.48. The first-order valence-corrected chi connectivity index (χ1v) is 7.90. The van der Waals surface area contributed by atoms with E-state index in [4.69, 9.17) is 0 Å². The van der Waals surface area contributed by atoms with Gasteiger partial charge >= 0.3 is 0 Å². The van der Waals surface area contributed by atoms with Gasteiger partial charge in [0.2, 0.25) is 15.9 Å². The van der Waals surface area contributed by atoms with E-state index in [1.54, 1.807) is 4.90 Å². The van der Waals surface area contributed by atoms with E-state index in [1.807, 2.05) is 0 Å². The molecule has 2 rings (SSSR count). The van der Waals surface area contributed by atoms with Crippen LogP contribution in [0.5, 0.6) is 0 Å². The van der Waals surface area contributed by atoms with Gasteiger partial charge in [-0.2, -0.15) is 4.31 Å². The predicted octanol–water partition coefficient (Wildman–Crippen LogP) is -0.727. The largest absolute Gasteiger partial charge is 0.339 e. The Labute approximate surface area is 122 Å². The topological polar surface area (TPSA) is 82.6 Å². The Bertz CT molecular complexity index is 617. The van der Waals surface area contributed by atoms with Gasteiger partial charge in [-0.25, -0.2) is 12.8 Å². The fraction of sp³-hybridized carbons (Fsp3) is 0.500. The molecule has 21 heavy (non-hydrogen) atoms. The van der Waals surface area contributed by atoms with Crippen molar-refractivity contribution >= 4 is 15.9 Å². The lowest BCUT2D eigenvalue weighted by Crippen LogP contribution is -2.49. The molecule has 116 valence electrons. The van der Waals surface area contributed by atoms with Crippen molar-refractivity contribution in [3.8, 4) is 0 Å². The fourth-order valence-corrected chi connectivity index (χ4v) is 3.10. The van der Waals surface area contributed by atoms with Crippen molar-refractivity contribution in [1.82, 2.24) is 19.5 Å². The quantitative estimate of drug-likeness (QED) is 0.792. The van der Waals surface area contributed by atoms with Crippen molar-refractivity contribution in [3.05, 3.63) is 24.3 Å². The third kappa shape index (κ3) is 3.74. The fourth-order valence-electron chi connectivity index (χ4n) is 2.00. The number of amides is 1. The Hall–Kier alpha value is -1.58. The summed E-state index contributed by atoms with van der Waals surface area (Å²) in [6.07, 6.45) is 1.98. The number of rotatable bonds is 4. The second-order valence-corrected chi connectivity index (χ2v) is 6.78. The summed E-state index contributed by atoms with van der Waals surface area (Å²) >= 11 is 0. The summed E-state index contributed by atoms with van der Waals surface area (Å²) in [5.41, 5.74) is 0. The minimum atomic E-state index is -3.93. The molecule has 1 aromatic rings. The van der Waals surface area contributed by atoms with E-state index in [1.165, 1.54) is 7.05 Å². The molecule has 0 atom stereocenters. The molecule has 0 aromatic carbocycles. The number of pyridine rings is 1. The summed E-state index contributed by atoms with van der Waals surface area (Å²) in [4.78, 5) is 16.9. The van der Waals surface area contributed by atoms with Crippen LogP contribution in [0.1, 0.15) is 0 Å². The van der Waals surface area contributed by atoms with Crippen LogP contribution in [-0.2, 0) is 14.8 Å². The van der Waals surface area contributed by atoms with Gasteiger partial charge in [-0.3, -0.25) is 9.78 Å². The second kappa shape index (κ2) is 6.46. The maximum atomic E-state index is 13.1. The van der Waals surface area contributed by atoms with E-state index in [0.717, 1.165) is 22.8 Å². The summed E-state index contributed by atoms with van der Waals surface area (Å²) in [6.45, 7) is 2.20. The van der Waals surface area contributed by atoms with Crippen LogP contribution in [0.2, 0.25) is 0 Å². The standard InChI is InChI=1S/C12H17FN4O3S/c1-16(9-12(18)17-4-2-14-3-5-17)21(19,20)11-6-10(13)7-15-8-11/h6-8,14H,2-5,9H2,1H3. The van der Waals surface area contributed by atoms with Gasteiger partial charge in [0.25, 0.3) is 0 Å². The van der Waals surface area contributed by atoms with Crippen molar-refractivity contribution in [2.24, 2.45) is 0 Å². The van der Waals surface area contributed by atoms with Crippen LogP contribution in [0, 0.1) is 5.82 Å². The van der Waals surface area contributed by atoms with Crippen LogP contribution >= 0.6 is 0 Å². The van der Waals surface area contributed by atoms with Gasteiger partial charge in [0, 0.05) is 39.4 Å². The number of piperazine rings is 1. The number of carbonyl (C=O) groups excluding carboxylic acids is 1. The maximum Gasteiger partial charge on any atom is 0.244 e. The minimum absolute atomic E-state index is 0.266. The summed E-state index contributed by atoms with van der Waals surface area (Å²) in [5.74, 6) is -1.01. The average molecular weight is 316 g/mol. The Morgan fingerprint density at radius 3 is 2.71 bits per heavy atom. The lowest BCUT2D eigenvalue weighted by molar-refractivity contribution is -0.131. The van der Waals surface area contributed by atoms with Crippen LogP contribution in [0.3, 0.4) is 0 Å². The highest BCUT2D eigenvalue weighted by Crippen LogP contribution is 2.14. The van der Waals surface area contributed by atoms with E-state index in [0.29, 0.717) is 26.2 Å². The van der Waals surface area contributed by atoms with Crippen LogP contribution in [-0.4, -0.2) is 68.3 Å². The molecule has 0 bridgehead atoms. The number of nitrogens with one attached hydrogen (secondary N) is 1. The zero-order valence-corrected chi connectivity index (χ0v) is 12.4. The molecule has 7 nitrogen and oxygen atoms in total. The van der Waals surface area contributed by atoms with Crippen molar-refractivity contribution in [1.29, 1.82) is 0 Å². The number of sulfonamides is 1. The number of hydrogen-bond acceptors (Lipinski definition) is 5. The molecule has 1 N–H and O–H groups in total. The van der Waals surface area contributed by atoms with E-state index in [-0.39, 0.29) is 17.3 Å². The minimum Gasteiger partial charge on any atom is -0.339 e. The number of aromatic nitrogens is 1. The second-order valence-electron chi connectivity index (χ2n) is 4.73. The SMILES string of the molecule is CN(CC(=O)N1CCNCC1)S(=O)(=O)c1cncc(F)c1. The Kier molecular flexibility index (Phi) is 4.86. The highest BCUT2D eigenvalue weighted by Gasteiger charge is 2.26. The normalized spacial score (nSPS) is 16.2. The Morgan fingerprint density at radius 1 is 1.43 bits per heavy atom. The molecule has 0 unspecified atom stereocenters. The monoisotopic (exact) mass is 316 g/mol. The lowest BCUT2D eigenvalue weighted by Gasteiger charge is -2.29. The first-order valence-electron chi connectivity index (χ1n) is 6.46. The van der Waals surface area contributed by atoms with Crippen LogP contribution < -0.4 is 5.32 Å². The molecule has 0 aliphatic carbocycles. The number of halogens is 1. The molecule has 0 spiro atoms. The first kappa shape index (κ1) is 15.8. The molecule has 1 amide bonds. The molecule has 0 saturated carbocycles. The van der Waals surface area contributed by atoms with Gasteiger partial charge in [-0.05, 0) is 6.07 Å². The number of likely N-dealkylation sites (N-methyl/N-ethyl adjacent to an activating group) is 1. The smallest absolute Gasteiger partial charge is 0.244 e. The molecule has 0 radical (unpaired) electrons. The number of hydrogen-bond donors (Lipinski definition) is 1. The van der Waals surface area contributed by atoms with Crippen LogP contribution in [0.4, 0.5) is 4.39 Å². The van der Waals surface area contributed by atoms with Crippen molar-refractivity contribution < 1.29 is 17.6 Å². The third-order valence-electron chi connectivity index (χ3n) is 3.22. The Balaban J connectivity index is 2.08. The van der Waals surface area contributed by atoms with Gasteiger partial charge in [-0.1, -0.05) is 0 Å². The molecular formula is C12H17FN4O3S. The van der Waals surface area contributed by atoms with Crippen molar-refractivity contribution in [3.63, 3.8) is 0 Å². The van der Waals surface area contributed by atoms with Crippen LogP contribution in [0.25, 0.3) is 0 Å². The van der Waals surface area contributed by atoms with E-state index >= 15 is 0 Å². The highest BCUT2D eigenvalue weighted by molar-refractivity contribution is 7.89. The highest BCUT2D eigenvalue weighted by atomic mass is 32.2. The Morgan fingerprint density at radius 2 is 2.10 bits per heavy atom. The first-order chi connectivity index (χ1) is 9.91. The van der Waals surface area contributed by atoms with Gasteiger partial charge in [0.1, 0.15) is 10.7 Å². The molecule has 1 aromatic heterocycles. The summed E-state index contributed by atoms with van der Waals surface area (Å²) in [5, 5.41) is 3.11. The molecule has 9 heteroatoms. The molecule has 1 aliphatic rings. The van der Waals surface area contributed by atoms with Gasteiger partial charge < -0.3 is 10.2 Å². The molecule has 1 aliphatic heterocycles. The number of nitrogens with zero attached hydrogens (tertiary/aromatic N) is 3. The zero-order chi connectivity index (χ0) is 15.5.